The van der Waals surface area contributed by atoms with E-state index in [9.17, 15) is 4.79 Å². The molecular formula is C37H43NO5. The Morgan fingerprint density at radius 2 is 1.42 bits per heavy atom. The highest BCUT2D eigenvalue weighted by atomic mass is 16.6. The molecule has 1 amide bonds. The van der Waals surface area contributed by atoms with Crippen LogP contribution in [0.25, 0.3) is 10.8 Å². The zero-order valence-electron chi connectivity index (χ0n) is 25.7. The smallest absolute Gasteiger partial charge is 0.410 e. The molecule has 1 aliphatic heterocycles. The number of carbonyl (C=O) groups excluding carboxylic acids is 1. The van der Waals surface area contributed by atoms with Gasteiger partial charge in [0.2, 0.25) is 0 Å². The Morgan fingerprint density at radius 3 is 2.12 bits per heavy atom. The topological polar surface area (TPSA) is 57.2 Å². The molecule has 0 saturated carbocycles. The van der Waals surface area contributed by atoms with Crippen LogP contribution in [0, 0.1) is 5.92 Å². The molecule has 3 atom stereocenters. The second kappa shape index (κ2) is 14.2. The molecule has 1 fully saturated rings. The molecule has 43 heavy (non-hydrogen) atoms. The number of methoxy groups -OCH3 is 1. The lowest BCUT2D eigenvalue weighted by Gasteiger charge is -2.44. The third kappa shape index (κ3) is 8.44. The normalized spacial score (nSPS) is 19.0. The predicted molar refractivity (Wildman–Crippen MR) is 170 cm³/mol. The first-order chi connectivity index (χ1) is 20.8. The number of fused-ring (bicyclic) bond motifs is 1. The molecule has 0 aliphatic carbocycles. The average Bonchev–Trinajstić information content (AvgIpc) is 3.00. The van der Waals surface area contributed by atoms with Crippen LogP contribution in [-0.2, 0) is 38.8 Å². The number of nitrogens with zero attached hydrogens (tertiary/aromatic N) is 1. The van der Waals surface area contributed by atoms with E-state index in [1.54, 1.807) is 12.0 Å². The van der Waals surface area contributed by atoms with Crippen LogP contribution in [0.4, 0.5) is 4.79 Å². The summed E-state index contributed by atoms with van der Waals surface area (Å²) in [5, 5.41) is 2.38. The lowest BCUT2D eigenvalue weighted by molar-refractivity contribution is -0.0629. The summed E-state index contributed by atoms with van der Waals surface area (Å²) < 4.78 is 24.1. The van der Waals surface area contributed by atoms with Crippen molar-refractivity contribution in [3.8, 4) is 0 Å². The van der Waals surface area contributed by atoms with Gasteiger partial charge in [-0.25, -0.2) is 4.79 Å². The highest BCUT2D eigenvalue weighted by Crippen LogP contribution is 2.37. The summed E-state index contributed by atoms with van der Waals surface area (Å²) in [5.41, 5.74) is 3.96. The van der Waals surface area contributed by atoms with Crippen molar-refractivity contribution in [2.24, 2.45) is 5.92 Å². The maximum atomic E-state index is 13.2. The van der Waals surface area contributed by atoms with Gasteiger partial charge < -0.3 is 23.8 Å². The lowest BCUT2D eigenvalue weighted by Crippen LogP contribution is -2.53. The zero-order valence-corrected chi connectivity index (χ0v) is 25.7. The molecule has 0 bridgehead atoms. The van der Waals surface area contributed by atoms with Gasteiger partial charge in [0.25, 0.3) is 0 Å². The van der Waals surface area contributed by atoms with Gasteiger partial charge in [0, 0.05) is 25.5 Å². The van der Waals surface area contributed by atoms with Crippen molar-refractivity contribution < 1.29 is 23.7 Å². The molecule has 4 aromatic rings. The van der Waals surface area contributed by atoms with E-state index in [0.29, 0.717) is 39.5 Å². The van der Waals surface area contributed by atoms with Gasteiger partial charge in [0.05, 0.1) is 39.1 Å². The molecule has 3 unspecified atom stereocenters. The van der Waals surface area contributed by atoms with E-state index in [0.717, 1.165) is 16.7 Å². The largest absolute Gasteiger partial charge is 0.444 e. The first-order valence-electron chi connectivity index (χ1n) is 15.1. The van der Waals surface area contributed by atoms with E-state index >= 15 is 0 Å². The van der Waals surface area contributed by atoms with Gasteiger partial charge in [-0.3, -0.25) is 0 Å². The first kappa shape index (κ1) is 30.7. The number of carbonyl (C=O) groups is 1. The number of amides is 1. The number of rotatable bonds is 10. The third-order valence-corrected chi connectivity index (χ3v) is 7.82. The summed E-state index contributed by atoms with van der Waals surface area (Å²) in [6, 6.07) is 33.5. The maximum absolute atomic E-state index is 13.2. The molecule has 0 radical (unpaired) electrons. The van der Waals surface area contributed by atoms with E-state index in [1.165, 1.54) is 16.3 Å². The van der Waals surface area contributed by atoms with E-state index in [4.69, 9.17) is 18.9 Å². The third-order valence-electron chi connectivity index (χ3n) is 7.82. The summed E-state index contributed by atoms with van der Waals surface area (Å²) in [4.78, 5) is 15.0. The zero-order chi connectivity index (χ0) is 30.2. The average molecular weight is 582 g/mol. The van der Waals surface area contributed by atoms with Crippen LogP contribution in [0.1, 0.15) is 48.9 Å². The summed E-state index contributed by atoms with van der Waals surface area (Å²) in [6.45, 7) is 8.71. The molecule has 6 nitrogen and oxygen atoms in total. The molecule has 1 saturated heterocycles. The molecule has 1 heterocycles. The van der Waals surface area contributed by atoms with Crippen molar-refractivity contribution in [1.29, 1.82) is 0 Å². The molecule has 0 N–H and O–H groups in total. The fraction of sp³-hybridized carbons (Fsp3) is 0.378. The molecule has 226 valence electrons. The quantitative estimate of drug-likeness (QED) is 0.192. The molecule has 5 rings (SSSR count). The van der Waals surface area contributed by atoms with Crippen molar-refractivity contribution in [2.45, 2.75) is 58.2 Å². The van der Waals surface area contributed by atoms with E-state index < -0.39 is 5.60 Å². The highest BCUT2D eigenvalue weighted by Gasteiger charge is 2.41. The van der Waals surface area contributed by atoms with E-state index in [2.05, 4.69) is 72.8 Å². The Bertz CT molecular complexity index is 1460. The SMILES string of the molecule is COCC1CN(C(=O)OC(C)(C)C)CC(OCc2ccc3ccccc3c2)C1c1ccc(COCc2ccccc2)cc1. The summed E-state index contributed by atoms with van der Waals surface area (Å²) in [6.07, 6.45) is -0.564. The molecule has 4 aromatic carbocycles. The van der Waals surface area contributed by atoms with Gasteiger partial charge in [-0.1, -0.05) is 91.0 Å². The molecule has 0 aromatic heterocycles. The van der Waals surface area contributed by atoms with E-state index in [-0.39, 0.29) is 24.0 Å². The van der Waals surface area contributed by atoms with Gasteiger partial charge in [0.15, 0.2) is 0 Å². The highest BCUT2D eigenvalue weighted by molar-refractivity contribution is 5.82. The van der Waals surface area contributed by atoms with Crippen LogP contribution in [0.3, 0.4) is 0 Å². The fourth-order valence-corrected chi connectivity index (χ4v) is 5.82. The molecule has 1 aliphatic rings. The first-order valence-corrected chi connectivity index (χ1v) is 15.1. The Labute approximate surface area is 255 Å². The minimum Gasteiger partial charge on any atom is -0.444 e. The number of ether oxygens (including phenoxy) is 4. The maximum Gasteiger partial charge on any atom is 0.410 e. The minimum atomic E-state index is -0.579. The monoisotopic (exact) mass is 581 g/mol. The summed E-state index contributed by atoms with van der Waals surface area (Å²) in [7, 11) is 1.71. The number of hydrogen-bond acceptors (Lipinski definition) is 5. The van der Waals surface area contributed by atoms with Crippen molar-refractivity contribution in [3.05, 3.63) is 119 Å². The van der Waals surface area contributed by atoms with Gasteiger partial charge in [-0.15, -0.1) is 0 Å². The van der Waals surface area contributed by atoms with Gasteiger partial charge in [-0.05, 0) is 59.9 Å². The molecule has 6 heteroatoms. The molecular weight excluding hydrogens is 538 g/mol. The standard InChI is InChI=1S/C37H43NO5/c1-37(2,3)43-36(39)38-21-33(26-40-4)35(31-18-14-28(15-19-31)24-41-23-27-10-6-5-7-11-27)34(22-38)42-25-29-16-17-30-12-8-9-13-32(30)20-29/h5-20,33-35H,21-26H2,1-4H3. The van der Waals surface area contributed by atoms with Gasteiger partial charge >= 0.3 is 6.09 Å². The van der Waals surface area contributed by atoms with Crippen LogP contribution < -0.4 is 0 Å². The Morgan fingerprint density at radius 1 is 0.767 bits per heavy atom. The summed E-state index contributed by atoms with van der Waals surface area (Å²) >= 11 is 0. The lowest BCUT2D eigenvalue weighted by atomic mass is 9.78. The second-order valence-electron chi connectivity index (χ2n) is 12.4. The van der Waals surface area contributed by atoms with Crippen LogP contribution >= 0.6 is 0 Å². The van der Waals surface area contributed by atoms with Gasteiger partial charge in [-0.2, -0.15) is 0 Å². The van der Waals surface area contributed by atoms with E-state index in [1.807, 2.05) is 45.0 Å². The van der Waals surface area contributed by atoms with Crippen LogP contribution in [0.5, 0.6) is 0 Å². The van der Waals surface area contributed by atoms with Crippen LogP contribution in [0.2, 0.25) is 0 Å². The molecule has 0 spiro atoms. The van der Waals surface area contributed by atoms with Gasteiger partial charge in [0.1, 0.15) is 5.60 Å². The number of hydrogen-bond donors (Lipinski definition) is 0. The summed E-state index contributed by atoms with van der Waals surface area (Å²) in [5.74, 6) is 0.0754. The van der Waals surface area contributed by atoms with Crippen LogP contribution in [-0.4, -0.2) is 49.5 Å². The van der Waals surface area contributed by atoms with Crippen molar-refractivity contribution in [2.75, 3.05) is 26.8 Å². The second-order valence-corrected chi connectivity index (χ2v) is 12.4. The van der Waals surface area contributed by atoms with Crippen LogP contribution in [0.15, 0.2) is 97.1 Å². The Hall–Kier alpha value is -3.71. The fourth-order valence-electron chi connectivity index (χ4n) is 5.82. The number of likely N-dealkylation sites (tertiary alicyclic amines) is 1. The van der Waals surface area contributed by atoms with Crippen molar-refractivity contribution in [1.82, 2.24) is 4.90 Å². The minimum absolute atomic E-state index is 0.0352. The Kier molecular flexibility index (Phi) is 10.1. The van der Waals surface area contributed by atoms with Crippen molar-refractivity contribution in [3.63, 3.8) is 0 Å². The number of piperidine rings is 1. The predicted octanol–water partition coefficient (Wildman–Crippen LogP) is 7.74. The number of benzene rings is 4. The van der Waals surface area contributed by atoms with Crippen molar-refractivity contribution >= 4 is 16.9 Å². The Balaban J connectivity index is 1.35.